The molecule has 0 aliphatic carbocycles. The van der Waals surface area contributed by atoms with E-state index in [9.17, 15) is 4.79 Å². The molecule has 1 heterocycles. The van der Waals surface area contributed by atoms with Crippen molar-refractivity contribution in [1.29, 1.82) is 0 Å². The van der Waals surface area contributed by atoms with Gasteiger partial charge in [-0.15, -0.1) is 0 Å². The number of rotatable bonds is 8. The van der Waals surface area contributed by atoms with Gasteiger partial charge in [0.25, 0.3) is 0 Å². The number of aliphatic imine (C=N–C) groups is 1. The number of nitrogens with zero attached hydrogens (tertiary/aromatic N) is 1. The second-order valence-corrected chi connectivity index (χ2v) is 7.01. The minimum atomic E-state index is -0.493. The van der Waals surface area contributed by atoms with Gasteiger partial charge in [0.1, 0.15) is 5.75 Å². The molecule has 6 nitrogen and oxygen atoms in total. The molecule has 0 amide bonds. The van der Waals surface area contributed by atoms with Crippen molar-refractivity contribution in [3.05, 3.63) is 59.3 Å². The molecule has 1 aliphatic rings. The molecule has 0 spiro atoms. The molecule has 152 valence electrons. The first-order valence-electron chi connectivity index (χ1n) is 9.48. The van der Waals surface area contributed by atoms with E-state index < -0.39 is 5.97 Å². The normalized spacial score (nSPS) is 14.7. The van der Waals surface area contributed by atoms with Gasteiger partial charge in [-0.25, -0.2) is 9.79 Å². The highest BCUT2D eigenvalue weighted by atomic mass is 16.6. The van der Waals surface area contributed by atoms with Crippen LogP contribution in [0.25, 0.3) is 6.08 Å². The Labute approximate surface area is 170 Å². The fraction of sp³-hybridized carbons (Fsp3) is 0.304. The van der Waals surface area contributed by atoms with Crippen LogP contribution in [-0.2, 0) is 9.53 Å². The van der Waals surface area contributed by atoms with Crippen LogP contribution in [0.4, 0.5) is 0 Å². The van der Waals surface area contributed by atoms with Gasteiger partial charge in [0.15, 0.2) is 17.2 Å². The van der Waals surface area contributed by atoms with E-state index in [0.29, 0.717) is 29.6 Å². The van der Waals surface area contributed by atoms with Crippen LogP contribution >= 0.6 is 0 Å². The number of hydrogen-bond donors (Lipinski definition) is 0. The Kier molecular flexibility index (Phi) is 6.54. The molecule has 0 fully saturated rings. The lowest BCUT2D eigenvalue weighted by molar-refractivity contribution is -0.129. The van der Waals surface area contributed by atoms with Crippen LogP contribution in [0.5, 0.6) is 17.2 Å². The molecular weight excluding hydrogens is 370 g/mol. The molecule has 0 saturated carbocycles. The largest absolute Gasteiger partial charge is 0.494 e. The molecule has 0 unspecified atom stereocenters. The monoisotopic (exact) mass is 395 g/mol. The van der Waals surface area contributed by atoms with E-state index in [2.05, 4.69) is 18.8 Å². The van der Waals surface area contributed by atoms with Gasteiger partial charge < -0.3 is 18.9 Å². The Morgan fingerprint density at radius 2 is 1.76 bits per heavy atom. The summed E-state index contributed by atoms with van der Waals surface area (Å²) in [5.74, 6) is 2.34. The molecule has 0 bridgehead atoms. The molecule has 29 heavy (non-hydrogen) atoms. The molecule has 0 radical (unpaired) electrons. The molecule has 6 heteroatoms. The van der Waals surface area contributed by atoms with E-state index >= 15 is 0 Å². The molecule has 2 aromatic rings. The quantitative estimate of drug-likeness (QED) is 0.487. The van der Waals surface area contributed by atoms with E-state index in [-0.39, 0.29) is 11.6 Å². The second kappa shape index (κ2) is 9.28. The van der Waals surface area contributed by atoms with Crippen LogP contribution in [0.3, 0.4) is 0 Å². The number of cyclic esters (lactones) is 1. The van der Waals surface area contributed by atoms with Crippen molar-refractivity contribution < 1.29 is 23.7 Å². The van der Waals surface area contributed by atoms with Gasteiger partial charge >= 0.3 is 5.97 Å². The number of hydrogen-bond acceptors (Lipinski definition) is 6. The number of esters is 1. The lowest BCUT2D eigenvalue weighted by Crippen LogP contribution is -2.05. The maximum atomic E-state index is 12.2. The third kappa shape index (κ3) is 5.16. The SMILES string of the molecule is COc1ccc(/C=C2\N=C(c3ccc(OCCC(C)C)cc3)OC2=O)cc1OC. The molecule has 0 saturated heterocycles. The van der Waals surface area contributed by atoms with Gasteiger partial charge in [-0.3, -0.25) is 0 Å². The van der Waals surface area contributed by atoms with Crippen molar-refractivity contribution in [3.63, 3.8) is 0 Å². The molecular formula is C23H25NO5. The molecule has 2 aromatic carbocycles. The number of methoxy groups -OCH3 is 2. The van der Waals surface area contributed by atoms with E-state index in [1.165, 1.54) is 0 Å². The van der Waals surface area contributed by atoms with Gasteiger partial charge in [-0.05, 0) is 60.4 Å². The minimum absolute atomic E-state index is 0.226. The van der Waals surface area contributed by atoms with Crippen molar-refractivity contribution in [2.75, 3.05) is 20.8 Å². The Balaban J connectivity index is 1.75. The first kappa shape index (κ1) is 20.5. The predicted octanol–water partition coefficient (Wildman–Crippen LogP) is 4.47. The first-order chi connectivity index (χ1) is 14.0. The summed E-state index contributed by atoms with van der Waals surface area (Å²) in [7, 11) is 3.13. The summed E-state index contributed by atoms with van der Waals surface area (Å²) in [4.78, 5) is 16.6. The summed E-state index contributed by atoms with van der Waals surface area (Å²) in [6, 6.07) is 12.7. The van der Waals surface area contributed by atoms with E-state index in [4.69, 9.17) is 18.9 Å². The van der Waals surface area contributed by atoms with Gasteiger partial charge in [0.05, 0.1) is 20.8 Å². The van der Waals surface area contributed by atoms with Gasteiger partial charge in [-0.2, -0.15) is 0 Å². The van der Waals surface area contributed by atoms with Crippen LogP contribution < -0.4 is 14.2 Å². The standard InChI is InChI=1S/C23H25NO5/c1-15(2)11-12-28-18-8-6-17(7-9-18)22-24-19(23(25)29-22)13-16-5-10-20(26-3)21(14-16)27-4/h5-10,13-15H,11-12H2,1-4H3/b19-13-. The van der Waals surface area contributed by atoms with E-state index in [1.807, 2.05) is 30.3 Å². The lowest BCUT2D eigenvalue weighted by Gasteiger charge is -2.08. The predicted molar refractivity (Wildman–Crippen MR) is 112 cm³/mol. The number of benzene rings is 2. The minimum Gasteiger partial charge on any atom is -0.494 e. The summed E-state index contributed by atoms with van der Waals surface area (Å²) in [5, 5.41) is 0. The average molecular weight is 395 g/mol. The molecule has 1 aliphatic heterocycles. The zero-order chi connectivity index (χ0) is 20.8. The van der Waals surface area contributed by atoms with Crippen LogP contribution in [0.2, 0.25) is 0 Å². The Hall–Kier alpha value is -3.28. The molecule has 0 N–H and O–H groups in total. The van der Waals surface area contributed by atoms with Gasteiger partial charge in [0.2, 0.25) is 5.90 Å². The van der Waals surface area contributed by atoms with Crippen LogP contribution in [0, 0.1) is 5.92 Å². The first-order valence-corrected chi connectivity index (χ1v) is 9.48. The van der Waals surface area contributed by atoms with Crippen molar-refractivity contribution in [3.8, 4) is 17.2 Å². The zero-order valence-corrected chi connectivity index (χ0v) is 17.1. The highest BCUT2D eigenvalue weighted by molar-refractivity contribution is 6.12. The molecule has 0 atom stereocenters. The number of ether oxygens (including phenoxy) is 4. The van der Waals surface area contributed by atoms with Crippen LogP contribution in [0.1, 0.15) is 31.4 Å². The van der Waals surface area contributed by atoms with Crippen LogP contribution in [-0.4, -0.2) is 32.7 Å². The summed E-state index contributed by atoms with van der Waals surface area (Å²) in [6.07, 6.45) is 2.65. The smallest absolute Gasteiger partial charge is 0.363 e. The van der Waals surface area contributed by atoms with Crippen molar-refractivity contribution in [2.24, 2.45) is 10.9 Å². The van der Waals surface area contributed by atoms with Crippen molar-refractivity contribution >= 4 is 17.9 Å². The highest BCUT2D eigenvalue weighted by Crippen LogP contribution is 2.29. The van der Waals surface area contributed by atoms with Crippen molar-refractivity contribution in [1.82, 2.24) is 0 Å². The average Bonchev–Trinajstić information content (AvgIpc) is 3.08. The summed E-state index contributed by atoms with van der Waals surface area (Å²) in [6.45, 7) is 4.99. The van der Waals surface area contributed by atoms with E-state index in [0.717, 1.165) is 17.7 Å². The highest BCUT2D eigenvalue weighted by Gasteiger charge is 2.24. The number of carbonyl (C=O) groups excluding carboxylic acids is 1. The number of carbonyl (C=O) groups is 1. The third-order valence-electron chi connectivity index (χ3n) is 4.40. The Morgan fingerprint density at radius 3 is 2.41 bits per heavy atom. The summed E-state index contributed by atoms with van der Waals surface area (Å²) >= 11 is 0. The summed E-state index contributed by atoms with van der Waals surface area (Å²) in [5.41, 5.74) is 1.70. The topological polar surface area (TPSA) is 66.3 Å². The van der Waals surface area contributed by atoms with Crippen molar-refractivity contribution in [2.45, 2.75) is 20.3 Å². The van der Waals surface area contributed by atoms with E-state index in [1.54, 1.807) is 32.4 Å². The second-order valence-electron chi connectivity index (χ2n) is 7.01. The lowest BCUT2D eigenvalue weighted by atomic mass is 10.1. The maximum absolute atomic E-state index is 12.2. The maximum Gasteiger partial charge on any atom is 0.363 e. The Morgan fingerprint density at radius 1 is 1.03 bits per heavy atom. The fourth-order valence-electron chi connectivity index (χ4n) is 2.74. The Bertz CT molecular complexity index is 929. The van der Waals surface area contributed by atoms with Gasteiger partial charge in [0, 0.05) is 5.56 Å². The van der Waals surface area contributed by atoms with Gasteiger partial charge in [-0.1, -0.05) is 19.9 Å². The molecule has 3 rings (SSSR count). The summed E-state index contributed by atoms with van der Waals surface area (Å²) < 4.78 is 21.6. The van der Waals surface area contributed by atoms with Crippen LogP contribution in [0.15, 0.2) is 53.2 Å². The molecule has 0 aromatic heterocycles. The zero-order valence-electron chi connectivity index (χ0n) is 17.1. The third-order valence-corrected chi connectivity index (χ3v) is 4.40. The fourth-order valence-corrected chi connectivity index (χ4v) is 2.74.